The maximum atomic E-state index is 12.5. The molecule has 1 amide bonds. The smallest absolute Gasteiger partial charge is 0.261 e. The van der Waals surface area contributed by atoms with Crippen molar-refractivity contribution in [3.63, 3.8) is 0 Å². The second-order valence-corrected chi connectivity index (χ2v) is 6.34. The van der Waals surface area contributed by atoms with Gasteiger partial charge in [-0.05, 0) is 49.2 Å². The highest BCUT2D eigenvalue weighted by Crippen LogP contribution is 2.40. The number of fused-ring (bicyclic) bond motifs is 1. The number of aryl methyl sites for hydroxylation is 2. The summed E-state index contributed by atoms with van der Waals surface area (Å²) in [5.74, 6) is -0.898. The largest absolute Gasteiger partial charge is 0.375 e. The van der Waals surface area contributed by atoms with E-state index in [9.17, 15) is 14.7 Å². The molecule has 1 atom stereocenters. The first-order valence-corrected chi connectivity index (χ1v) is 7.63. The molecule has 0 bridgehead atoms. The molecule has 2 aromatic carbocycles. The van der Waals surface area contributed by atoms with E-state index in [0.717, 1.165) is 11.1 Å². The molecule has 1 aliphatic heterocycles. The highest BCUT2D eigenvalue weighted by molar-refractivity contribution is 6.31. The molecule has 5 heteroatoms. The summed E-state index contributed by atoms with van der Waals surface area (Å²) in [7, 11) is 0. The second-order valence-electron chi connectivity index (χ2n) is 5.90. The van der Waals surface area contributed by atoms with E-state index in [2.05, 4.69) is 5.32 Å². The number of hydrogen-bond acceptors (Lipinski definition) is 3. The predicted octanol–water partition coefficient (Wildman–Crippen LogP) is 3.37. The third-order valence-corrected chi connectivity index (χ3v) is 4.53. The van der Waals surface area contributed by atoms with Crippen LogP contribution in [0.5, 0.6) is 0 Å². The van der Waals surface area contributed by atoms with Crippen LogP contribution in [0.1, 0.15) is 33.5 Å². The van der Waals surface area contributed by atoms with Gasteiger partial charge < -0.3 is 10.4 Å². The normalized spacial score (nSPS) is 19.4. The van der Waals surface area contributed by atoms with E-state index in [1.807, 2.05) is 19.9 Å². The molecule has 1 heterocycles. The minimum atomic E-state index is -1.89. The van der Waals surface area contributed by atoms with Crippen molar-refractivity contribution in [3.8, 4) is 0 Å². The van der Waals surface area contributed by atoms with Crippen LogP contribution >= 0.6 is 11.6 Å². The van der Waals surface area contributed by atoms with Crippen molar-refractivity contribution in [2.75, 3.05) is 5.32 Å². The van der Waals surface area contributed by atoms with E-state index in [-0.39, 0.29) is 12.2 Å². The van der Waals surface area contributed by atoms with Crippen molar-refractivity contribution in [2.45, 2.75) is 25.9 Å². The Labute approximate surface area is 139 Å². The van der Waals surface area contributed by atoms with Crippen LogP contribution in [-0.4, -0.2) is 16.8 Å². The topological polar surface area (TPSA) is 66.4 Å². The molecular weight excluding hydrogens is 314 g/mol. The Bertz CT molecular complexity index is 831. The van der Waals surface area contributed by atoms with Crippen molar-refractivity contribution >= 4 is 29.0 Å². The Balaban J connectivity index is 1.95. The van der Waals surface area contributed by atoms with Crippen molar-refractivity contribution in [1.29, 1.82) is 0 Å². The fourth-order valence-electron chi connectivity index (χ4n) is 2.74. The van der Waals surface area contributed by atoms with Gasteiger partial charge in [-0.1, -0.05) is 23.7 Å². The van der Waals surface area contributed by atoms with Gasteiger partial charge in [-0.15, -0.1) is 0 Å². The predicted molar refractivity (Wildman–Crippen MR) is 88.8 cm³/mol. The summed E-state index contributed by atoms with van der Waals surface area (Å²) < 4.78 is 0. The summed E-state index contributed by atoms with van der Waals surface area (Å²) in [6.45, 7) is 3.87. The number of Topliss-reactive ketones (excluding diaryl/α,β-unsaturated/α-hetero) is 1. The van der Waals surface area contributed by atoms with Crippen molar-refractivity contribution < 1.29 is 14.7 Å². The molecule has 118 valence electrons. The number of halogens is 1. The quantitative estimate of drug-likeness (QED) is 0.848. The fourth-order valence-corrected chi connectivity index (χ4v) is 2.91. The van der Waals surface area contributed by atoms with Crippen LogP contribution in [0, 0.1) is 13.8 Å². The van der Waals surface area contributed by atoms with Crippen molar-refractivity contribution in [1.82, 2.24) is 0 Å². The van der Waals surface area contributed by atoms with Gasteiger partial charge in [-0.25, -0.2) is 0 Å². The lowest BCUT2D eigenvalue weighted by molar-refractivity contribution is -0.133. The maximum absolute atomic E-state index is 12.5. The lowest BCUT2D eigenvalue weighted by Gasteiger charge is -2.20. The number of benzene rings is 2. The molecule has 0 aliphatic carbocycles. The molecule has 0 saturated carbocycles. The van der Waals surface area contributed by atoms with Gasteiger partial charge in [0, 0.05) is 21.8 Å². The number of aliphatic hydroxyl groups is 1. The summed E-state index contributed by atoms with van der Waals surface area (Å²) in [5, 5.41) is 13.8. The first-order valence-electron chi connectivity index (χ1n) is 7.25. The van der Waals surface area contributed by atoms with Gasteiger partial charge in [0.1, 0.15) is 0 Å². The molecule has 3 rings (SSSR count). The number of carbonyl (C=O) groups is 2. The first-order chi connectivity index (χ1) is 10.8. The maximum Gasteiger partial charge on any atom is 0.261 e. The Kier molecular flexibility index (Phi) is 3.74. The summed E-state index contributed by atoms with van der Waals surface area (Å²) in [6.07, 6.45) is -0.325. The zero-order chi connectivity index (χ0) is 16.8. The molecule has 0 saturated heterocycles. The molecule has 1 unspecified atom stereocenters. The molecule has 0 radical (unpaired) electrons. The molecular formula is C18H16ClNO3. The number of hydrogen-bond donors (Lipinski definition) is 2. The standard InChI is InChI=1S/C18H16ClNO3/c1-10-3-4-12(7-11(10)2)16(21)9-18(23)14-8-13(19)5-6-15(14)20-17(18)22/h3-8,23H,9H2,1-2H3,(H,20,22). The van der Waals surface area contributed by atoms with Crippen LogP contribution in [0.3, 0.4) is 0 Å². The third kappa shape index (κ3) is 2.64. The minimum absolute atomic E-state index is 0.293. The summed E-state index contributed by atoms with van der Waals surface area (Å²) >= 11 is 5.95. The summed E-state index contributed by atoms with van der Waals surface area (Å²) in [4.78, 5) is 24.7. The third-order valence-electron chi connectivity index (χ3n) is 4.30. The molecule has 1 aliphatic rings. The zero-order valence-electron chi connectivity index (χ0n) is 12.8. The van der Waals surface area contributed by atoms with Crippen LogP contribution in [0.4, 0.5) is 5.69 Å². The van der Waals surface area contributed by atoms with E-state index < -0.39 is 11.5 Å². The van der Waals surface area contributed by atoms with Gasteiger partial charge >= 0.3 is 0 Å². The lowest BCUT2D eigenvalue weighted by atomic mass is 9.87. The van der Waals surface area contributed by atoms with Gasteiger partial charge in [0.05, 0.1) is 6.42 Å². The Morgan fingerprint density at radius 3 is 2.61 bits per heavy atom. The second kappa shape index (κ2) is 5.48. The van der Waals surface area contributed by atoms with Crippen LogP contribution in [-0.2, 0) is 10.4 Å². The number of amides is 1. The number of anilines is 1. The Morgan fingerprint density at radius 2 is 1.91 bits per heavy atom. The molecule has 23 heavy (non-hydrogen) atoms. The van der Waals surface area contributed by atoms with Crippen molar-refractivity contribution in [3.05, 3.63) is 63.7 Å². The van der Waals surface area contributed by atoms with Crippen LogP contribution in [0.2, 0.25) is 5.02 Å². The van der Waals surface area contributed by atoms with Gasteiger partial charge in [0.2, 0.25) is 0 Å². The fraction of sp³-hybridized carbons (Fsp3) is 0.222. The molecule has 4 nitrogen and oxygen atoms in total. The SMILES string of the molecule is Cc1ccc(C(=O)CC2(O)C(=O)Nc3ccc(Cl)cc32)cc1C. The first kappa shape index (κ1) is 15.7. The number of carbonyl (C=O) groups excluding carboxylic acids is 2. The van der Waals surface area contributed by atoms with Crippen LogP contribution < -0.4 is 5.32 Å². The van der Waals surface area contributed by atoms with Gasteiger partial charge in [0.15, 0.2) is 11.4 Å². The average Bonchev–Trinajstić information content (AvgIpc) is 2.73. The number of ketones is 1. The van der Waals surface area contributed by atoms with Crippen LogP contribution in [0.25, 0.3) is 0 Å². The Hall–Kier alpha value is -2.17. The van der Waals surface area contributed by atoms with Gasteiger partial charge in [-0.3, -0.25) is 9.59 Å². The summed E-state index contributed by atoms with van der Waals surface area (Å²) in [6, 6.07) is 10.1. The highest BCUT2D eigenvalue weighted by Gasteiger charge is 2.46. The molecule has 0 aromatic heterocycles. The minimum Gasteiger partial charge on any atom is -0.375 e. The van der Waals surface area contributed by atoms with Crippen molar-refractivity contribution in [2.24, 2.45) is 0 Å². The van der Waals surface area contributed by atoms with E-state index >= 15 is 0 Å². The molecule has 2 N–H and O–H groups in total. The van der Waals surface area contributed by atoms with Gasteiger partial charge in [0.25, 0.3) is 5.91 Å². The molecule has 0 fully saturated rings. The van der Waals surface area contributed by atoms with E-state index in [0.29, 0.717) is 21.8 Å². The van der Waals surface area contributed by atoms with E-state index in [1.165, 1.54) is 6.07 Å². The van der Waals surface area contributed by atoms with E-state index in [1.54, 1.807) is 24.3 Å². The lowest BCUT2D eigenvalue weighted by Crippen LogP contribution is -2.36. The monoisotopic (exact) mass is 329 g/mol. The number of rotatable bonds is 3. The van der Waals surface area contributed by atoms with Gasteiger partial charge in [-0.2, -0.15) is 0 Å². The average molecular weight is 330 g/mol. The molecule has 0 spiro atoms. The van der Waals surface area contributed by atoms with E-state index in [4.69, 9.17) is 11.6 Å². The summed E-state index contributed by atoms with van der Waals surface area (Å²) in [5.41, 5.74) is 1.47. The number of nitrogens with one attached hydrogen (secondary N) is 1. The molecule has 2 aromatic rings. The zero-order valence-corrected chi connectivity index (χ0v) is 13.6. The Morgan fingerprint density at radius 1 is 1.17 bits per heavy atom. The highest BCUT2D eigenvalue weighted by atomic mass is 35.5. The van der Waals surface area contributed by atoms with Crippen LogP contribution in [0.15, 0.2) is 36.4 Å².